The molecule has 1 aliphatic heterocycles. The number of esters is 1. The van der Waals surface area contributed by atoms with E-state index < -0.39 is 0 Å². The lowest BCUT2D eigenvalue weighted by Gasteiger charge is -2.28. The van der Waals surface area contributed by atoms with E-state index in [0.29, 0.717) is 25.4 Å². The number of hydrogen-bond acceptors (Lipinski definition) is 4. The molecule has 4 heteroatoms. The molecule has 2 atom stereocenters. The van der Waals surface area contributed by atoms with Gasteiger partial charge < -0.3 is 14.2 Å². The monoisotopic (exact) mass is 326 g/mol. The predicted octanol–water partition coefficient (Wildman–Crippen LogP) is 3.61. The number of benzene rings is 2. The zero-order chi connectivity index (χ0) is 16.6. The van der Waals surface area contributed by atoms with Gasteiger partial charge in [0.05, 0.1) is 31.5 Å². The highest BCUT2D eigenvalue weighted by atomic mass is 16.6. The molecule has 0 amide bonds. The second-order valence-corrected chi connectivity index (χ2v) is 5.93. The van der Waals surface area contributed by atoms with E-state index in [0.717, 1.165) is 18.4 Å². The largest absolute Gasteiger partial charge is 0.456 e. The zero-order valence-electron chi connectivity index (χ0n) is 13.6. The molecule has 3 rings (SSSR count). The summed E-state index contributed by atoms with van der Waals surface area (Å²) in [4.78, 5) is 12.0. The molecular weight excluding hydrogens is 304 g/mol. The van der Waals surface area contributed by atoms with Crippen LogP contribution in [-0.4, -0.2) is 31.4 Å². The SMILES string of the molecule is O=C(O[C@@H]1CC[C@H](COCc2ccccc2)OC1)c1ccccc1. The van der Waals surface area contributed by atoms with Crippen molar-refractivity contribution in [2.45, 2.75) is 31.7 Å². The smallest absolute Gasteiger partial charge is 0.338 e. The Kier molecular flexibility index (Phi) is 5.99. The van der Waals surface area contributed by atoms with Gasteiger partial charge in [0.2, 0.25) is 0 Å². The summed E-state index contributed by atoms with van der Waals surface area (Å²) >= 11 is 0. The Morgan fingerprint density at radius 3 is 2.38 bits per heavy atom. The molecule has 1 heterocycles. The van der Waals surface area contributed by atoms with E-state index in [9.17, 15) is 4.79 Å². The Morgan fingerprint density at radius 2 is 1.71 bits per heavy atom. The summed E-state index contributed by atoms with van der Waals surface area (Å²) in [5, 5.41) is 0. The van der Waals surface area contributed by atoms with E-state index >= 15 is 0 Å². The molecule has 0 aromatic heterocycles. The predicted molar refractivity (Wildman–Crippen MR) is 90.7 cm³/mol. The molecular formula is C20H22O4. The Balaban J connectivity index is 1.36. The number of rotatable bonds is 6. The molecule has 0 N–H and O–H groups in total. The van der Waals surface area contributed by atoms with Crippen LogP contribution in [-0.2, 0) is 20.8 Å². The van der Waals surface area contributed by atoms with Gasteiger partial charge in [0.15, 0.2) is 0 Å². The van der Waals surface area contributed by atoms with Gasteiger partial charge in [-0.1, -0.05) is 48.5 Å². The minimum absolute atomic E-state index is 0.0698. The minimum Gasteiger partial charge on any atom is -0.456 e. The molecule has 2 aromatic carbocycles. The van der Waals surface area contributed by atoms with Gasteiger partial charge in [0, 0.05) is 0 Å². The van der Waals surface area contributed by atoms with Crippen molar-refractivity contribution in [3.63, 3.8) is 0 Å². The summed E-state index contributed by atoms with van der Waals surface area (Å²) < 4.78 is 17.0. The van der Waals surface area contributed by atoms with Crippen molar-refractivity contribution >= 4 is 5.97 Å². The molecule has 0 bridgehead atoms. The summed E-state index contributed by atoms with van der Waals surface area (Å²) in [6, 6.07) is 19.1. The molecule has 1 aliphatic rings. The van der Waals surface area contributed by atoms with Gasteiger partial charge in [0.1, 0.15) is 6.10 Å². The average molecular weight is 326 g/mol. The minimum atomic E-state index is -0.289. The summed E-state index contributed by atoms with van der Waals surface area (Å²) in [7, 11) is 0. The molecule has 0 aliphatic carbocycles. The van der Waals surface area contributed by atoms with Crippen molar-refractivity contribution in [3.05, 3.63) is 71.8 Å². The number of carbonyl (C=O) groups excluding carboxylic acids is 1. The van der Waals surface area contributed by atoms with E-state index in [1.165, 1.54) is 0 Å². The van der Waals surface area contributed by atoms with Crippen molar-refractivity contribution in [3.8, 4) is 0 Å². The third kappa shape index (κ3) is 4.91. The van der Waals surface area contributed by atoms with Gasteiger partial charge in [0.25, 0.3) is 0 Å². The van der Waals surface area contributed by atoms with Crippen LogP contribution in [0.25, 0.3) is 0 Å². The van der Waals surface area contributed by atoms with Gasteiger partial charge in [-0.05, 0) is 30.5 Å². The van der Waals surface area contributed by atoms with Gasteiger partial charge in [-0.3, -0.25) is 0 Å². The maximum absolute atomic E-state index is 12.0. The molecule has 0 radical (unpaired) electrons. The first-order valence-corrected chi connectivity index (χ1v) is 8.30. The first kappa shape index (κ1) is 16.7. The van der Waals surface area contributed by atoms with Crippen LogP contribution in [0.5, 0.6) is 0 Å². The maximum Gasteiger partial charge on any atom is 0.338 e. The summed E-state index contributed by atoms with van der Waals surface area (Å²) in [5.41, 5.74) is 1.73. The Bertz CT molecular complexity index is 619. The Labute approximate surface area is 142 Å². The van der Waals surface area contributed by atoms with Crippen LogP contribution < -0.4 is 0 Å². The van der Waals surface area contributed by atoms with Crippen molar-refractivity contribution in [2.24, 2.45) is 0 Å². The van der Waals surface area contributed by atoms with E-state index in [1.54, 1.807) is 12.1 Å². The van der Waals surface area contributed by atoms with E-state index in [4.69, 9.17) is 14.2 Å². The molecule has 0 unspecified atom stereocenters. The summed E-state index contributed by atoms with van der Waals surface area (Å²) in [5.74, 6) is -0.289. The zero-order valence-corrected chi connectivity index (χ0v) is 13.6. The van der Waals surface area contributed by atoms with Crippen LogP contribution in [0.2, 0.25) is 0 Å². The van der Waals surface area contributed by atoms with Gasteiger partial charge >= 0.3 is 5.97 Å². The molecule has 24 heavy (non-hydrogen) atoms. The van der Waals surface area contributed by atoms with Gasteiger partial charge in [-0.2, -0.15) is 0 Å². The first-order valence-electron chi connectivity index (χ1n) is 8.30. The van der Waals surface area contributed by atoms with Crippen molar-refractivity contribution < 1.29 is 19.0 Å². The lowest BCUT2D eigenvalue weighted by molar-refractivity contribution is -0.0935. The quantitative estimate of drug-likeness (QED) is 0.761. The highest BCUT2D eigenvalue weighted by molar-refractivity contribution is 5.89. The standard InChI is InChI=1S/C20H22O4/c21-20(17-9-5-2-6-10-17)24-19-12-11-18(23-15-19)14-22-13-16-7-3-1-4-8-16/h1-10,18-19H,11-15H2/t18-,19-/m1/s1. The van der Waals surface area contributed by atoms with Crippen molar-refractivity contribution in [2.75, 3.05) is 13.2 Å². The molecule has 4 nitrogen and oxygen atoms in total. The third-order valence-electron chi connectivity index (χ3n) is 4.03. The Hall–Kier alpha value is -2.17. The van der Waals surface area contributed by atoms with Crippen LogP contribution in [0.3, 0.4) is 0 Å². The highest BCUT2D eigenvalue weighted by Gasteiger charge is 2.25. The number of ether oxygens (including phenoxy) is 3. The summed E-state index contributed by atoms with van der Waals surface area (Å²) in [6.07, 6.45) is 1.53. The fourth-order valence-electron chi connectivity index (χ4n) is 2.68. The molecule has 1 fully saturated rings. The molecule has 2 aromatic rings. The van der Waals surface area contributed by atoms with Crippen LogP contribution in [0, 0.1) is 0 Å². The number of hydrogen-bond donors (Lipinski definition) is 0. The van der Waals surface area contributed by atoms with Gasteiger partial charge in [-0.15, -0.1) is 0 Å². The second-order valence-electron chi connectivity index (χ2n) is 5.93. The van der Waals surface area contributed by atoms with Crippen LogP contribution in [0.15, 0.2) is 60.7 Å². The maximum atomic E-state index is 12.0. The van der Waals surface area contributed by atoms with Crippen molar-refractivity contribution in [1.82, 2.24) is 0 Å². The fourth-order valence-corrected chi connectivity index (χ4v) is 2.68. The lowest BCUT2D eigenvalue weighted by Crippen LogP contribution is -2.35. The van der Waals surface area contributed by atoms with E-state index in [2.05, 4.69) is 0 Å². The van der Waals surface area contributed by atoms with Crippen LogP contribution in [0.4, 0.5) is 0 Å². The molecule has 0 saturated carbocycles. The Morgan fingerprint density at radius 1 is 1.00 bits per heavy atom. The van der Waals surface area contributed by atoms with E-state index in [-0.39, 0.29) is 18.2 Å². The van der Waals surface area contributed by atoms with Crippen LogP contribution >= 0.6 is 0 Å². The summed E-state index contributed by atoms with van der Waals surface area (Å²) in [6.45, 7) is 1.58. The average Bonchev–Trinajstić information content (AvgIpc) is 2.65. The highest BCUT2D eigenvalue weighted by Crippen LogP contribution is 2.18. The number of carbonyl (C=O) groups is 1. The third-order valence-corrected chi connectivity index (χ3v) is 4.03. The lowest BCUT2D eigenvalue weighted by atomic mass is 10.1. The topological polar surface area (TPSA) is 44.8 Å². The van der Waals surface area contributed by atoms with Crippen molar-refractivity contribution in [1.29, 1.82) is 0 Å². The van der Waals surface area contributed by atoms with E-state index in [1.807, 2.05) is 48.5 Å². The van der Waals surface area contributed by atoms with Gasteiger partial charge in [-0.25, -0.2) is 4.79 Å². The van der Waals surface area contributed by atoms with Crippen LogP contribution in [0.1, 0.15) is 28.8 Å². The normalized spacial score (nSPS) is 20.5. The second kappa shape index (κ2) is 8.62. The molecule has 126 valence electrons. The molecule has 1 saturated heterocycles. The fraction of sp³-hybridized carbons (Fsp3) is 0.350. The first-order chi connectivity index (χ1) is 11.8. The molecule has 0 spiro atoms.